The zero-order chi connectivity index (χ0) is 21.1. The average molecular weight is 412 g/mol. The fourth-order valence-corrected chi connectivity index (χ4v) is 2.83. The minimum atomic E-state index is -0.826. The number of aromatic nitrogens is 2. The summed E-state index contributed by atoms with van der Waals surface area (Å²) in [5, 5.41) is 7.57. The van der Waals surface area contributed by atoms with Gasteiger partial charge in [0.05, 0.1) is 5.69 Å². The number of carbonyl (C=O) groups is 1. The zero-order valence-electron chi connectivity index (χ0n) is 16.7. The summed E-state index contributed by atoms with van der Waals surface area (Å²) in [6, 6.07) is 13.7. The molecule has 0 unspecified atom stereocenters. The predicted molar refractivity (Wildman–Crippen MR) is 114 cm³/mol. The molecule has 0 radical (unpaired) electrons. The van der Waals surface area contributed by atoms with Gasteiger partial charge in [0.2, 0.25) is 5.88 Å². The molecule has 1 aromatic heterocycles. The number of amides is 1. The van der Waals surface area contributed by atoms with Crippen LogP contribution < -0.4 is 15.6 Å². The second-order valence-electron chi connectivity index (χ2n) is 6.90. The lowest BCUT2D eigenvalue weighted by molar-refractivity contribution is -0.122. The van der Waals surface area contributed by atoms with Crippen molar-refractivity contribution in [3.63, 3.8) is 0 Å². The van der Waals surface area contributed by atoms with Gasteiger partial charge < -0.3 is 10.1 Å². The van der Waals surface area contributed by atoms with E-state index < -0.39 is 6.10 Å². The molecule has 1 atom stereocenters. The van der Waals surface area contributed by atoms with Crippen molar-refractivity contribution in [3.05, 3.63) is 80.6 Å². The number of rotatable bonds is 5. The predicted octanol–water partition coefficient (Wildman–Crippen LogP) is 4.22. The Hall–Kier alpha value is -3.12. The molecule has 0 bridgehead atoms. The number of anilines is 1. The van der Waals surface area contributed by atoms with Crippen LogP contribution in [0.1, 0.15) is 23.6 Å². The molecule has 1 N–H and O–H groups in total. The van der Waals surface area contributed by atoms with Crippen LogP contribution in [0.4, 0.5) is 5.69 Å². The van der Waals surface area contributed by atoms with Gasteiger partial charge in [-0.2, -0.15) is 4.68 Å². The van der Waals surface area contributed by atoms with Gasteiger partial charge in [-0.1, -0.05) is 23.7 Å². The highest BCUT2D eigenvalue weighted by Crippen LogP contribution is 2.20. The Morgan fingerprint density at radius 3 is 2.45 bits per heavy atom. The first kappa shape index (κ1) is 20.6. The third-order valence-corrected chi connectivity index (χ3v) is 5.02. The lowest BCUT2D eigenvalue weighted by Gasteiger charge is -2.15. The zero-order valence-corrected chi connectivity index (χ0v) is 17.4. The first-order valence-electron chi connectivity index (χ1n) is 9.16. The van der Waals surface area contributed by atoms with E-state index in [2.05, 4.69) is 10.4 Å². The molecule has 1 heterocycles. The normalized spacial score (nSPS) is 11.8. The Morgan fingerprint density at radius 2 is 1.76 bits per heavy atom. The number of hydrogen-bond donors (Lipinski definition) is 1. The Kier molecular flexibility index (Phi) is 6.03. The summed E-state index contributed by atoms with van der Waals surface area (Å²) in [5.41, 5.74) is 4.02. The maximum absolute atomic E-state index is 12.4. The molecule has 2 aromatic carbocycles. The van der Waals surface area contributed by atoms with Crippen molar-refractivity contribution < 1.29 is 9.53 Å². The van der Waals surface area contributed by atoms with Crippen LogP contribution >= 0.6 is 11.6 Å². The molecule has 29 heavy (non-hydrogen) atoms. The van der Waals surface area contributed by atoms with E-state index in [0.717, 1.165) is 16.7 Å². The Bertz CT molecular complexity index is 1120. The highest BCUT2D eigenvalue weighted by atomic mass is 35.5. The summed E-state index contributed by atoms with van der Waals surface area (Å²) in [6.07, 6.45) is -0.826. The number of nitrogens with one attached hydrogen (secondary N) is 1. The van der Waals surface area contributed by atoms with Crippen molar-refractivity contribution in [2.75, 3.05) is 5.32 Å². The number of ether oxygens (including phenoxy) is 1. The molecule has 3 aromatic rings. The fourth-order valence-electron chi connectivity index (χ4n) is 2.65. The number of benzene rings is 2. The summed E-state index contributed by atoms with van der Waals surface area (Å²) in [5.74, 6) is -0.178. The van der Waals surface area contributed by atoms with Gasteiger partial charge in [-0.05, 0) is 68.7 Å². The Balaban J connectivity index is 1.77. The van der Waals surface area contributed by atoms with Crippen molar-refractivity contribution in [2.24, 2.45) is 0 Å². The van der Waals surface area contributed by atoms with E-state index in [1.165, 1.54) is 16.8 Å². The molecular weight excluding hydrogens is 390 g/mol. The third kappa shape index (κ3) is 4.84. The lowest BCUT2D eigenvalue weighted by atomic mass is 10.1. The first-order chi connectivity index (χ1) is 13.7. The van der Waals surface area contributed by atoms with Crippen molar-refractivity contribution in [1.29, 1.82) is 0 Å². The van der Waals surface area contributed by atoms with Crippen LogP contribution in [0.15, 0.2) is 53.3 Å². The maximum atomic E-state index is 12.4. The monoisotopic (exact) mass is 411 g/mol. The van der Waals surface area contributed by atoms with Gasteiger partial charge in [-0.3, -0.25) is 9.59 Å². The van der Waals surface area contributed by atoms with E-state index in [1.807, 2.05) is 45.0 Å². The highest BCUT2D eigenvalue weighted by molar-refractivity contribution is 6.31. The van der Waals surface area contributed by atoms with Crippen LogP contribution in [0.2, 0.25) is 5.02 Å². The minimum absolute atomic E-state index is 0.174. The van der Waals surface area contributed by atoms with Crippen molar-refractivity contribution in [1.82, 2.24) is 9.78 Å². The van der Waals surface area contributed by atoms with E-state index in [-0.39, 0.29) is 17.3 Å². The highest BCUT2D eigenvalue weighted by Gasteiger charge is 2.17. The topological polar surface area (TPSA) is 73.2 Å². The molecule has 0 saturated heterocycles. The van der Waals surface area contributed by atoms with Gasteiger partial charge in [-0.15, -0.1) is 5.10 Å². The molecule has 0 aliphatic heterocycles. The number of halogens is 1. The van der Waals surface area contributed by atoms with Crippen LogP contribution in [0.3, 0.4) is 0 Å². The van der Waals surface area contributed by atoms with Gasteiger partial charge in [0.25, 0.3) is 11.5 Å². The van der Waals surface area contributed by atoms with E-state index in [0.29, 0.717) is 16.4 Å². The molecule has 7 heteroatoms. The summed E-state index contributed by atoms with van der Waals surface area (Å²) >= 11 is 6.09. The second kappa shape index (κ2) is 8.49. The van der Waals surface area contributed by atoms with Gasteiger partial charge >= 0.3 is 0 Å². The average Bonchev–Trinajstić information content (AvgIpc) is 2.68. The third-order valence-electron chi connectivity index (χ3n) is 4.62. The SMILES string of the molecule is Cc1ccc(-n2nc(O[C@H](C)C(=O)Nc3ccc(C)c(Cl)c3)ccc2=O)cc1C. The van der Waals surface area contributed by atoms with Gasteiger partial charge in [-0.25, -0.2) is 0 Å². The molecule has 0 spiro atoms. The van der Waals surface area contributed by atoms with Crippen LogP contribution in [-0.4, -0.2) is 21.8 Å². The van der Waals surface area contributed by atoms with Gasteiger partial charge in [0, 0.05) is 22.8 Å². The lowest BCUT2D eigenvalue weighted by Crippen LogP contribution is -2.31. The number of aryl methyl sites for hydroxylation is 3. The standard InChI is InChI=1S/C22H22ClN3O3/c1-13-6-8-18(11-15(13)3)26-21(27)10-9-20(25-26)29-16(4)22(28)24-17-7-5-14(2)19(23)12-17/h5-12,16H,1-4H3,(H,24,28)/t16-/m1/s1. The van der Waals surface area contributed by atoms with Crippen LogP contribution in [0.25, 0.3) is 5.69 Å². The van der Waals surface area contributed by atoms with Crippen LogP contribution in [0, 0.1) is 20.8 Å². The van der Waals surface area contributed by atoms with Gasteiger partial charge in [0.1, 0.15) is 0 Å². The maximum Gasteiger partial charge on any atom is 0.271 e. The van der Waals surface area contributed by atoms with E-state index >= 15 is 0 Å². The molecule has 0 saturated carbocycles. The molecule has 6 nitrogen and oxygen atoms in total. The number of carbonyl (C=O) groups excluding carboxylic acids is 1. The molecule has 0 fully saturated rings. The summed E-state index contributed by atoms with van der Waals surface area (Å²) in [6.45, 7) is 7.46. The second-order valence-corrected chi connectivity index (χ2v) is 7.31. The fraction of sp³-hybridized carbons (Fsp3) is 0.227. The molecule has 150 valence electrons. The minimum Gasteiger partial charge on any atom is -0.463 e. The first-order valence-corrected chi connectivity index (χ1v) is 9.54. The van der Waals surface area contributed by atoms with Crippen molar-refractivity contribution >= 4 is 23.2 Å². The van der Waals surface area contributed by atoms with E-state index in [1.54, 1.807) is 19.1 Å². The quantitative estimate of drug-likeness (QED) is 0.682. The van der Waals surface area contributed by atoms with Crippen molar-refractivity contribution in [3.8, 4) is 11.6 Å². The number of hydrogen-bond acceptors (Lipinski definition) is 4. The van der Waals surface area contributed by atoms with E-state index in [4.69, 9.17) is 16.3 Å². The summed E-state index contributed by atoms with van der Waals surface area (Å²) in [7, 11) is 0. The van der Waals surface area contributed by atoms with Crippen molar-refractivity contribution in [2.45, 2.75) is 33.8 Å². The van der Waals surface area contributed by atoms with Gasteiger partial charge in [0.15, 0.2) is 6.10 Å². The largest absolute Gasteiger partial charge is 0.463 e. The smallest absolute Gasteiger partial charge is 0.271 e. The van der Waals surface area contributed by atoms with Crippen LogP contribution in [0.5, 0.6) is 5.88 Å². The number of nitrogens with zero attached hydrogens (tertiary/aromatic N) is 2. The van der Waals surface area contributed by atoms with E-state index in [9.17, 15) is 9.59 Å². The van der Waals surface area contributed by atoms with Crippen LogP contribution in [-0.2, 0) is 4.79 Å². The molecule has 0 aliphatic carbocycles. The summed E-state index contributed by atoms with van der Waals surface area (Å²) in [4.78, 5) is 24.7. The molecule has 3 rings (SSSR count). The molecular formula is C22H22ClN3O3. The Labute approximate surface area is 174 Å². The molecule has 0 aliphatic rings. The summed E-state index contributed by atoms with van der Waals surface area (Å²) < 4.78 is 6.91. The molecule has 1 amide bonds. The Morgan fingerprint density at radius 1 is 1.03 bits per heavy atom.